The Morgan fingerprint density at radius 1 is 0.852 bits per heavy atom. The minimum Gasteiger partial charge on any atom is -0.460 e. The first-order chi connectivity index (χ1) is 13.2. The average molecular weight is 377 g/mol. The van der Waals surface area contributed by atoms with Gasteiger partial charge in [0.25, 0.3) is 11.8 Å². The number of nitrogens with zero attached hydrogens (tertiary/aromatic N) is 1. The van der Waals surface area contributed by atoms with Crippen LogP contribution in [0.25, 0.3) is 11.1 Å². The fourth-order valence-corrected chi connectivity index (χ4v) is 3.86. The molecule has 3 aromatic rings. The van der Waals surface area contributed by atoms with Crippen LogP contribution < -0.4 is 0 Å². The first-order valence-electron chi connectivity index (χ1n) is 8.42. The predicted molar refractivity (Wildman–Crippen MR) is 102 cm³/mol. The molecule has 4 rings (SSSR count). The van der Waals surface area contributed by atoms with Crippen LogP contribution in [0.4, 0.5) is 0 Å². The van der Waals surface area contributed by atoms with E-state index >= 15 is 0 Å². The zero-order chi connectivity index (χ0) is 18.8. The molecule has 2 heterocycles. The quantitative estimate of drug-likeness (QED) is 0.500. The number of benzene rings is 2. The molecular formula is C21H15NO4S. The molecule has 0 radical (unpaired) electrons. The minimum absolute atomic E-state index is 0.0319. The molecule has 0 N–H and O–H groups in total. The smallest absolute Gasteiger partial charge is 0.349 e. The molecular weight excluding hydrogens is 362 g/mol. The van der Waals surface area contributed by atoms with Gasteiger partial charge in [-0.1, -0.05) is 42.5 Å². The maximum Gasteiger partial charge on any atom is 0.349 e. The molecule has 0 bridgehead atoms. The third-order valence-electron chi connectivity index (χ3n) is 4.36. The van der Waals surface area contributed by atoms with E-state index in [1.54, 1.807) is 24.3 Å². The maximum absolute atomic E-state index is 12.5. The molecule has 2 amide bonds. The molecule has 0 saturated carbocycles. The van der Waals surface area contributed by atoms with Crippen molar-refractivity contribution in [1.82, 2.24) is 4.90 Å². The van der Waals surface area contributed by atoms with Gasteiger partial charge in [0.15, 0.2) is 0 Å². The summed E-state index contributed by atoms with van der Waals surface area (Å²) < 4.78 is 5.33. The Balaban J connectivity index is 1.41. The summed E-state index contributed by atoms with van der Waals surface area (Å²) >= 11 is 1.30. The molecule has 1 aliphatic rings. The van der Waals surface area contributed by atoms with E-state index < -0.39 is 5.97 Å². The number of imide groups is 1. The molecule has 1 aromatic heterocycles. The SMILES string of the molecule is O=C(OCCN1C(=O)c2ccccc2C1=O)c1sccc1-c1ccccc1. The first kappa shape index (κ1) is 17.2. The lowest BCUT2D eigenvalue weighted by molar-refractivity contribution is 0.0425. The van der Waals surface area contributed by atoms with Gasteiger partial charge in [-0.05, 0) is 29.1 Å². The number of ether oxygens (including phenoxy) is 1. The van der Waals surface area contributed by atoms with Crippen molar-refractivity contribution in [2.75, 3.05) is 13.2 Å². The second kappa shape index (κ2) is 7.17. The number of fused-ring (bicyclic) bond motifs is 1. The van der Waals surface area contributed by atoms with E-state index in [0.717, 1.165) is 16.0 Å². The van der Waals surface area contributed by atoms with Gasteiger partial charge in [0.2, 0.25) is 0 Å². The number of hydrogen-bond donors (Lipinski definition) is 0. The Hall–Kier alpha value is -3.25. The van der Waals surface area contributed by atoms with Gasteiger partial charge < -0.3 is 4.74 Å². The van der Waals surface area contributed by atoms with Crippen molar-refractivity contribution in [2.45, 2.75) is 0 Å². The highest BCUT2D eigenvalue weighted by Gasteiger charge is 2.34. The molecule has 0 saturated heterocycles. The number of hydrogen-bond acceptors (Lipinski definition) is 5. The summed E-state index contributed by atoms with van der Waals surface area (Å²) in [6, 6.07) is 18.1. The monoisotopic (exact) mass is 377 g/mol. The molecule has 0 atom stereocenters. The largest absolute Gasteiger partial charge is 0.460 e. The Kier molecular flexibility index (Phi) is 4.56. The van der Waals surface area contributed by atoms with Crippen LogP contribution in [0.2, 0.25) is 0 Å². The minimum atomic E-state index is -0.458. The van der Waals surface area contributed by atoms with Gasteiger partial charge in [0.1, 0.15) is 11.5 Å². The number of thiophene rings is 1. The summed E-state index contributed by atoms with van der Waals surface area (Å²) in [7, 11) is 0. The van der Waals surface area contributed by atoms with Crippen LogP contribution >= 0.6 is 11.3 Å². The topological polar surface area (TPSA) is 63.7 Å². The molecule has 27 heavy (non-hydrogen) atoms. The van der Waals surface area contributed by atoms with Crippen molar-refractivity contribution in [3.8, 4) is 11.1 Å². The van der Waals surface area contributed by atoms with Crippen LogP contribution in [-0.4, -0.2) is 35.8 Å². The van der Waals surface area contributed by atoms with E-state index in [4.69, 9.17) is 4.74 Å². The number of carbonyl (C=O) groups excluding carboxylic acids is 3. The lowest BCUT2D eigenvalue weighted by atomic mass is 10.1. The second-order valence-corrected chi connectivity index (χ2v) is 6.89. The maximum atomic E-state index is 12.5. The van der Waals surface area contributed by atoms with Gasteiger partial charge in [-0.3, -0.25) is 14.5 Å². The first-order valence-corrected chi connectivity index (χ1v) is 9.30. The van der Waals surface area contributed by atoms with Crippen LogP contribution in [0.3, 0.4) is 0 Å². The van der Waals surface area contributed by atoms with Gasteiger partial charge in [-0.15, -0.1) is 11.3 Å². The van der Waals surface area contributed by atoms with E-state index in [1.807, 2.05) is 41.8 Å². The molecule has 0 fully saturated rings. The van der Waals surface area contributed by atoms with Gasteiger partial charge in [-0.2, -0.15) is 0 Å². The molecule has 2 aromatic carbocycles. The second-order valence-electron chi connectivity index (χ2n) is 5.97. The van der Waals surface area contributed by atoms with Crippen molar-refractivity contribution in [3.05, 3.63) is 82.0 Å². The summed E-state index contributed by atoms with van der Waals surface area (Å²) in [5.74, 6) is -1.17. The standard InChI is InChI=1S/C21H15NO4S/c23-19-16-8-4-5-9-17(16)20(24)22(19)11-12-26-21(25)18-15(10-13-27-18)14-6-2-1-3-7-14/h1-10,13H,11-12H2. The Labute approximate surface area is 159 Å². The van der Waals surface area contributed by atoms with Crippen LogP contribution in [0, 0.1) is 0 Å². The number of esters is 1. The highest BCUT2D eigenvalue weighted by atomic mass is 32.1. The van der Waals surface area contributed by atoms with Crippen molar-refractivity contribution >= 4 is 29.1 Å². The summed E-state index contributed by atoms with van der Waals surface area (Å²) in [6.45, 7) is -0.0133. The van der Waals surface area contributed by atoms with Crippen molar-refractivity contribution in [3.63, 3.8) is 0 Å². The fraction of sp³-hybridized carbons (Fsp3) is 0.0952. The summed E-state index contributed by atoms with van der Waals surface area (Å²) in [5, 5.41) is 1.84. The molecule has 134 valence electrons. The lowest BCUT2D eigenvalue weighted by Crippen LogP contribution is -2.33. The summed E-state index contributed by atoms with van der Waals surface area (Å²) in [5.41, 5.74) is 2.52. The van der Waals surface area contributed by atoms with Crippen LogP contribution in [0.15, 0.2) is 66.0 Å². The van der Waals surface area contributed by atoms with Crippen molar-refractivity contribution in [2.24, 2.45) is 0 Å². The summed E-state index contributed by atoms with van der Waals surface area (Å²) in [6.07, 6.45) is 0. The van der Waals surface area contributed by atoms with Gasteiger partial charge >= 0.3 is 5.97 Å². The van der Waals surface area contributed by atoms with Crippen molar-refractivity contribution < 1.29 is 19.1 Å². The van der Waals surface area contributed by atoms with E-state index in [9.17, 15) is 14.4 Å². The zero-order valence-corrected chi connectivity index (χ0v) is 15.1. The molecule has 6 heteroatoms. The molecule has 1 aliphatic heterocycles. The number of carbonyl (C=O) groups is 3. The van der Waals surface area contributed by atoms with E-state index in [0.29, 0.717) is 16.0 Å². The van der Waals surface area contributed by atoms with Crippen LogP contribution in [0.1, 0.15) is 30.4 Å². The van der Waals surface area contributed by atoms with Crippen LogP contribution in [-0.2, 0) is 4.74 Å². The molecule has 0 spiro atoms. The van der Waals surface area contributed by atoms with E-state index in [2.05, 4.69) is 0 Å². The highest BCUT2D eigenvalue weighted by molar-refractivity contribution is 7.12. The fourth-order valence-electron chi connectivity index (χ4n) is 3.05. The number of amides is 2. The normalized spacial score (nSPS) is 13.0. The third-order valence-corrected chi connectivity index (χ3v) is 5.26. The summed E-state index contributed by atoms with van der Waals surface area (Å²) in [4.78, 5) is 38.7. The van der Waals surface area contributed by atoms with Gasteiger partial charge in [0, 0.05) is 5.56 Å². The molecule has 0 unspecified atom stereocenters. The third kappa shape index (κ3) is 3.15. The predicted octanol–water partition coefficient (Wildman–Crippen LogP) is 3.87. The van der Waals surface area contributed by atoms with Crippen molar-refractivity contribution in [1.29, 1.82) is 0 Å². The number of rotatable bonds is 5. The molecule has 0 aliphatic carbocycles. The Morgan fingerprint density at radius 2 is 1.48 bits per heavy atom. The Morgan fingerprint density at radius 3 is 2.15 bits per heavy atom. The Bertz CT molecular complexity index is 990. The van der Waals surface area contributed by atoms with Crippen LogP contribution in [0.5, 0.6) is 0 Å². The lowest BCUT2D eigenvalue weighted by Gasteiger charge is -2.13. The van der Waals surface area contributed by atoms with E-state index in [1.165, 1.54) is 11.3 Å². The van der Waals surface area contributed by atoms with Gasteiger partial charge in [-0.25, -0.2) is 4.79 Å². The average Bonchev–Trinajstić information content (AvgIpc) is 3.28. The zero-order valence-electron chi connectivity index (χ0n) is 14.3. The molecule has 5 nitrogen and oxygen atoms in total. The highest BCUT2D eigenvalue weighted by Crippen LogP contribution is 2.29. The van der Waals surface area contributed by atoms with Gasteiger partial charge in [0.05, 0.1) is 17.7 Å². The van der Waals surface area contributed by atoms with E-state index in [-0.39, 0.29) is 25.0 Å².